The number of aryl methyl sites for hydroxylation is 3. The first kappa shape index (κ1) is 14.1. The fourth-order valence-electron chi connectivity index (χ4n) is 2.48. The van der Waals surface area contributed by atoms with Gasteiger partial charge in [0.15, 0.2) is 5.69 Å². The summed E-state index contributed by atoms with van der Waals surface area (Å²) in [6.45, 7) is 1.85. The molecule has 0 N–H and O–H groups in total. The topological polar surface area (TPSA) is 69.1 Å². The van der Waals surface area contributed by atoms with Gasteiger partial charge >= 0.3 is 0 Å². The van der Waals surface area contributed by atoms with Gasteiger partial charge in [-0.2, -0.15) is 9.61 Å². The summed E-state index contributed by atoms with van der Waals surface area (Å²) in [5.41, 5.74) is 2.02. The van der Waals surface area contributed by atoms with Gasteiger partial charge in [-0.05, 0) is 25.3 Å². The normalized spacial score (nSPS) is 11.3. The van der Waals surface area contributed by atoms with Crippen molar-refractivity contribution < 1.29 is 4.52 Å². The van der Waals surface area contributed by atoms with Gasteiger partial charge in [-0.1, -0.05) is 46.8 Å². The molecule has 0 aliphatic rings. The SMILES string of the molecule is Cc1cc(-c2nnc3sc(CCCc4ccccc4)nn23)no1. The third kappa shape index (κ3) is 2.87. The lowest BCUT2D eigenvalue weighted by Crippen LogP contribution is -1.94. The molecule has 0 fully saturated rings. The molecular formula is C16H15N5OS. The highest BCUT2D eigenvalue weighted by Crippen LogP contribution is 2.22. The molecule has 23 heavy (non-hydrogen) atoms. The van der Waals surface area contributed by atoms with Crippen LogP contribution in [0.25, 0.3) is 16.5 Å². The van der Waals surface area contributed by atoms with E-state index >= 15 is 0 Å². The van der Waals surface area contributed by atoms with Crippen LogP contribution >= 0.6 is 11.3 Å². The number of hydrogen-bond acceptors (Lipinski definition) is 6. The van der Waals surface area contributed by atoms with Crippen molar-refractivity contribution in [2.75, 3.05) is 0 Å². The molecule has 6 nitrogen and oxygen atoms in total. The van der Waals surface area contributed by atoms with Crippen molar-refractivity contribution in [1.29, 1.82) is 0 Å². The molecule has 3 aromatic heterocycles. The first-order valence-electron chi connectivity index (χ1n) is 7.48. The molecular weight excluding hydrogens is 310 g/mol. The second-order valence-corrected chi connectivity index (χ2v) is 6.42. The zero-order valence-corrected chi connectivity index (χ0v) is 13.5. The predicted octanol–water partition coefficient (Wildman–Crippen LogP) is 3.32. The van der Waals surface area contributed by atoms with Gasteiger partial charge in [-0.15, -0.1) is 10.2 Å². The van der Waals surface area contributed by atoms with Gasteiger partial charge in [0.25, 0.3) is 0 Å². The van der Waals surface area contributed by atoms with Gasteiger partial charge in [0.05, 0.1) is 0 Å². The fourth-order valence-corrected chi connectivity index (χ4v) is 3.35. The average molecular weight is 325 g/mol. The van der Waals surface area contributed by atoms with Crippen LogP contribution in [-0.4, -0.2) is 25.0 Å². The second-order valence-electron chi connectivity index (χ2n) is 5.38. The van der Waals surface area contributed by atoms with Crippen molar-refractivity contribution in [3.05, 3.63) is 52.7 Å². The summed E-state index contributed by atoms with van der Waals surface area (Å²) in [4.78, 5) is 0.787. The van der Waals surface area contributed by atoms with Crippen LogP contribution in [0.3, 0.4) is 0 Å². The molecule has 7 heteroatoms. The number of hydrogen-bond donors (Lipinski definition) is 0. The number of fused-ring (bicyclic) bond motifs is 1. The third-order valence-corrected chi connectivity index (χ3v) is 4.55. The van der Waals surface area contributed by atoms with E-state index in [0.29, 0.717) is 11.5 Å². The molecule has 0 unspecified atom stereocenters. The standard InChI is InChI=1S/C16H15N5OS/c1-11-10-13(20-22-11)15-17-18-16-21(15)19-14(23-16)9-5-8-12-6-3-2-4-7-12/h2-4,6-7,10H,5,8-9H2,1H3. The minimum absolute atomic E-state index is 0.627. The smallest absolute Gasteiger partial charge is 0.235 e. The molecule has 0 bridgehead atoms. The van der Waals surface area contributed by atoms with Crippen molar-refractivity contribution >= 4 is 16.3 Å². The molecule has 0 amide bonds. The molecule has 0 atom stereocenters. The van der Waals surface area contributed by atoms with Gasteiger partial charge < -0.3 is 4.52 Å². The molecule has 1 aromatic carbocycles. The molecule has 4 aromatic rings. The van der Waals surface area contributed by atoms with Crippen molar-refractivity contribution in [3.63, 3.8) is 0 Å². The lowest BCUT2D eigenvalue weighted by Gasteiger charge is -1.98. The Morgan fingerprint density at radius 3 is 2.78 bits per heavy atom. The lowest BCUT2D eigenvalue weighted by molar-refractivity contribution is 0.399. The minimum atomic E-state index is 0.627. The van der Waals surface area contributed by atoms with Crippen molar-refractivity contribution in [2.24, 2.45) is 0 Å². The summed E-state index contributed by atoms with van der Waals surface area (Å²) in [7, 11) is 0. The highest BCUT2D eigenvalue weighted by atomic mass is 32.1. The number of benzene rings is 1. The van der Waals surface area contributed by atoms with E-state index in [9.17, 15) is 0 Å². The van der Waals surface area contributed by atoms with Gasteiger partial charge in [0.2, 0.25) is 10.8 Å². The Morgan fingerprint density at radius 2 is 2.00 bits per heavy atom. The van der Waals surface area contributed by atoms with E-state index in [2.05, 4.69) is 44.7 Å². The minimum Gasteiger partial charge on any atom is -0.361 e. The molecule has 0 aliphatic heterocycles. The molecule has 0 saturated carbocycles. The van der Waals surface area contributed by atoms with E-state index in [-0.39, 0.29) is 0 Å². The van der Waals surface area contributed by atoms with E-state index in [0.717, 1.165) is 35.0 Å². The maximum Gasteiger partial charge on any atom is 0.235 e. The maximum absolute atomic E-state index is 5.10. The van der Waals surface area contributed by atoms with Crippen LogP contribution in [0, 0.1) is 6.92 Å². The molecule has 0 spiro atoms. The highest BCUT2D eigenvalue weighted by molar-refractivity contribution is 7.16. The molecule has 0 saturated heterocycles. The Kier molecular flexibility index (Phi) is 3.63. The fraction of sp³-hybridized carbons (Fsp3) is 0.250. The summed E-state index contributed by atoms with van der Waals surface area (Å²) in [5, 5.41) is 18.0. The number of aromatic nitrogens is 5. The van der Waals surface area contributed by atoms with Gasteiger partial charge in [-0.25, -0.2) is 0 Å². The van der Waals surface area contributed by atoms with Crippen LogP contribution in [0.5, 0.6) is 0 Å². The van der Waals surface area contributed by atoms with Crippen molar-refractivity contribution in [1.82, 2.24) is 25.0 Å². The van der Waals surface area contributed by atoms with Crippen LogP contribution in [0.2, 0.25) is 0 Å². The molecule has 0 aliphatic carbocycles. The average Bonchev–Trinajstić information content (AvgIpc) is 3.24. The lowest BCUT2D eigenvalue weighted by atomic mass is 10.1. The largest absolute Gasteiger partial charge is 0.361 e. The summed E-state index contributed by atoms with van der Waals surface area (Å²) in [5.74, 6) is 1.37. The van der Waals surface area contributed by atoms with Gasteiger partial charge in [0, 0.05) is 12.5 Å². The van der Waals surface area contributed by atoms with E-state index < -0.39 is 0 Å². The van der Waals surface area contributed by atoms with Crippen LogP contribution in [0.1, 0.15) is 22.8 Å². The van der Waals surface area contributed by atoms with Gasteiger partial charge in [-0.3, -0.25) is 0 Å². The number of nitrogens with zero attached hydrogens (tertiary/aromatic N) is 5. The van der Waals surface area contributed by atoms with Crippen LogP contribution in [0.4, 0.5) is 0 Å². The van der Waals surface area contributed by atoms with Crippen molar-refractivity contribution in [3.8, 4) is 11.5 Å². The molecule has 3 heterocycles. The molecule has 0 radical (unpaired) electrons. The van der Waals surface area contributed by atoms with E-state index in [4.69, 9.17) is 4.52 Å². The second kappa shape index (κ2) is 5.92. The van der Waals surface area contributed by atoms with Crippen LogP contribution in [-0.2, 0) is 12.8 Å². The monoisotopic (exact) mass is 325 g/mol. The molecule has 4 rings (SSSR count). The van der Waals surface area contributed by atoms with E-state index in [1.54, 1.807) is 15.9 Å². The van der Waals surface area contributed by atoms with E-state index in [1.165, 1.54) is 5.56 Å². The summed E-state index contributed by atoms with van der Waals surface area (Å²) < 4.78 is 6.85. The Bertz CT molecular complexity index is 924. The zero-order valence-electron chi connectivity index (χ0n) is 12.6. The zero-order chi connectivity index (χ0) is 15.6. The first-order valence-corrected chi connectivity index (χ1v) is 8.30. The van der Waals surface area contributed by atoms with E-state index in [1.807, 2.05) is 19.1 Å². The first-order chi connectivity index (χ1) is 11.3. The molecule has 116 valence electrons. The number of rotatable bonds is 5. The Balaban J connectivity index is 1.50. The third-order valence-electron chi connectivity index (χ3n) is 3.59. The maximum atomic E-state index is 5.10. The van der Waals surface area contributed by atoms with Gasteiger partial charge in [0.1, 0.15) is 10.8 Å². The Morgan fingerprint density at radius 1 is 1.13 bits per heavy atom. The summed E-state index contributed by atoms with van der Waals surface area (Å²) >= 11 is 1.57. The summed E-state index contributed by atoms with van der Waals surface area (Å²) in [6, 6.07) is 12.3. The summed E-state index contributed by atoms with van der Waals surface area (Å²) in [6.07, 6.45) is 3.04. The highest BCUT2D eigenvalue weighted by Gasteiger charge is 2.16. The van der Waals surface area contributed by atoms with Crippen LogP contribution < -0.4 is 0 Å². The Labute approximate surface area is 136 Å². The Hall–Kier alpha value is -2.54. The predicted molar refractivity (Wildman–Crippen MR) is 87.4 cm³/mol. The van der Waals surface area contributed by atoms with Crippen LogP contribution in [0.15, 0.2) is 40.9 Å². The van der Waals surface area contributed by atoms with Crippen molar-refractivity contribution in [2.45, 2.75) is 26.2 Å². The quantitative estimate of drug-likeness (QED) is 0.563.